The molecule has 0 unspecified atom stereocenters. The van der Waals surface area contributed by atoms with Crippen LogP contribution in [0.2, 0.25) is 0 Å². The Morgan fingerprint density at radius 1 is 1.44 bits per heavy atom. The zero-order chi connectivity index (χ0) is 11.8. The first-order valence-corrected chi connectivity index (χ1v) is 7.14. The van der Waals surface area contributed by atoms with Crippen molar-refractivity contribution < 1.29 is 4.79 Å². The van der Waals surface area contributed by atoms with Gasteiger partial charge in [0.25, 0.3) is 5.91 Å². The molecule has 1 aromatic rings. The summed E-state index contributed by atoms with van der Waals surface area (Å²) >= 11 is 5.62. The highest BCUT2D eigenvalue weighted by Gasteiger charge is 2.33. The Bertz CT molecular complexity index is 409. The van der Waals surface area contributed by atoms with Gasteiger partial charge in [-0.2, -0.15) is 0 Å². The molecule has 1 N–H and O–H groups in total. The maximum Gasteiger partial charge on any atom is 0.251 e. The van der Waals surface area contributed by atoms with Crippen molar-refractivity contribution in [1.29, 1.82) is 0 Å². The Balaban J connectivity index is 2.14. The Morgan fingerprint density at radius 2 is 2.12 bits per heavy atom. The lowest BCUT2D eigenvalue weighted by Gasteiger charge is -2.39. The van der Waals surface area contributed by atoms with Gasteiger partial charge in [0.2, 0.25) is 0 Å². The second kappa shape index (κ2) is 4.64. The molecule has 86 valence electrons. The molecule has 0 radical (unpaired) electrons. The number of amides is 1. The third kappa shape index (κ3) is 2.77. The highest BCUT2D eigenvalue weighted by molar-refractivity contribution is 14.1. The van der Waals surface area contributed by atoms with Gasteiger partial charge in [0.05, 0.1) is 0 Å². The predicted molar refractivity (Wildman–Crippen MR) is 76.6 cm³/mol. The Kier molecular flexibility index (Phi) is 3.59. The molecule has 0 atom stereocenters. The van der Waals surface area contributed by atoms with Crippen LogP contribution in [0, 0.1) is 3.57 Å². The maximum atomic E-state index is 12.0. The number of hydrogen-bond donors (Lipinski definition) is 1. The Hall–Kier alpha value is -0.100. The molecule has 16 heavy (non-hydrogen) atoms. The molecule has 1 amide bonds. The van der Waals surface area contributed by atoms with Crippen molar-refractivity contribution in [2.45, 2.75) is 31.7 Å². The molecule has 0 spiro atoms. The number of carbonyl (C=O) groups is 1. The lowest BCUT2D eigenvalue weighted by Crippen LogP contribution is -2.50. The molecule has 0 saturated heterocycles. The normalized spacial score (nSPS) is 17.7. The van der Waals surface area contributed by atoms with Gasteiger partial charge in [0, 0.05) is 19.1 Å². The number of halogens is 2. The number of carbonyl (C=O) groups excluding carboxylic acids is 1. The van der Waals surface area contributed by atoms with Crippen molar-refractivity contribution in [3.8, 4) is 0 Å². The lowest BCUT2D eigenvalue weighted by molar-refractivity contribution is 0.0850. The fourth-order valence-electron chi connectivity index (χ4n) is 1.86. The highest BCUT2D eigenvalue weighted by atomic mass is 127. The van der Waals surface area contributed by atoms with E-state index in [1.807, 2.05) is 18.2 Å². The minimum atomic E-state index is 0.0187. The van der Waals surface area contributed by atoms with Gasteiger partial charge in [-0.3, -0.25) is 4.79 Å². The Morgan fingerprint density at radius 3 is 2.62 bits per heavy atom. The molecular formula is C12H13BrINO. The van der Waals surface area contributed by atoms with Gasteiger partial charge < -0.3 is 5.32 Å². The minimum Gasteiger partial charge on any atom is -0.347 e. The van der Waals surface area contributed by atoms with Crippen LogP contribution in [0.1, 0.15) is 36.5 Å². The molecule has 1 aromatic carbocycles. The summed E-state index contributed by atoms with van der Waals surface area (Å²) in [6.07, 6.45) is 3.39. The molecule has 2 nitrogen and oxygen atoms in total. The average Bonchev–Trinajstić information content (AvgIpc) is 2.13. The van der Waals surface area contributed by atoms with Crippen LogP contribution in [0.4, 0.5) is 0 Å². The van der Waals surface area contributed by atoms with Crippen LogP contribution in [0.5, 0.6) is 0 Å². The van der Waals surface area contributed by atoms with Crippen molar-refractivity contribution in [2.24, 2.45) is 0 Å². The van der Waals surface area contributed by atoms with Crippen molar-refractivity contribution >= 4 is 44.4 Å². The van der Waals surface area contributed by atoms with Crippen molar-refractivity contribution in [1.82, 2.24) is 5.32 Å². The molecule has 0 aromatic heterocycles. The van der Waals surface area contributed by atoms with E-state index in [1.54, 1.807) is 0 Å². The molecule has 1 fully saturated rings. The summed E-state index contributed by atoms with van der Waals surface area (Å²) in [5.41, 5.74) is 0.747. The molecule has 1 aliphatic rings. The third-order valence-electron chi connectivity index (χ3n) is 3.00. The van der Waals surface area contributed by atoms with E-state index in [2.05, 4.69) is 50.8 Å². The van der Waals surface area contributed by atoms with E-state index in [1.165, 1.54) is 6.42 Å². The number of hydrogen-bond acceptors (Lipinski definition) is 1. The highest BCUT2D eigenvalue weighted by Crippen LogP contribution is 2.31. The van der Waals surface area contributed by atoms with E-state index in [-0.39, 0.29) is 11.4 Å². The summed E-state index contributed by atoms with van der Waals surface area (Å²) in [4.78, 5) is 12.0. The van der Waals surface area contributed by atoms with Crippen LogP contribution < -0.4 is 5.32 Å². The monoisotopic (exact) mass is 393 g/mol. The summed E-state index contributed by atoms with van der Waals surface area (Å²) in [5, 5.41) is 3.10. The second-order valence-electron chi connectivity index (χ2n) is 4.53. The largest absolute Gasteiger partial charge is 0.347 e. The van der Waals surface area contributed by atoms with Gasteiger partial charge in [-0.25, -0.2) is 0 Å². The van der Waals surface area contributed by atoms with Gasteiger partial charge in [-0.15, -0.1) is 0 Å². The maximum absolute atomic E-state index is 12.0. The summed E-state index contributed by atoms with van der Waals surface area (Å²) in [5.74, 6) is 0.0291. The predicted octanol–water partition coefficient (Wildman–Crippen LogP) is 3.73. The van der Waals surface area contributed by atoms with Crippen LogP contribution in [0.3, 0.4) is 0 Å². The molecule has 0 aliphatic heterocycles. The van der Waals surface area contributed by atoms with E-state index < -0.39 is 0 Å². The van der Waals surface area contributed by atoms with E-state index in [0.29, 0.717) is 0 Å². The van der Waals surface area contributed by atoms with Crippen LogP contribution >= 0.6 is 38.5 Å². The van der Waals surface area contributed by atoms with E-state index in [4.69, 9.17) is 0 Å². The van der Waals surface area contributed by atoms with Crippen molar-refractivity contribution in [3.63, 3.8) is 0 Å². The van der Waals surface area contributed by atoms with Crippen LogP contribution in [0.25, 0.3) is 0 Å². The van der Waals surface area contributed by atoms with E-state index in [9.17, 15) is 4.79 Å². The average molecular weight is 394 g/mol. The summed E-state index contributed by atoms with van der Waals surface area (Å²) < 4.78 is 2.01. The van der Waals surface area contributed by atoms with Crippen molar-refractivity contribution in [2.75, 3.05) is 0 Å². The number of nitrogens with one attached hydrogen (secondary N) is 1. The van der Waals surface area contributed by atoms with Crippen LogP contribution in [-0.2, 0) is 0 Å². The van der Waals surface area contributed by atoms with Crippen LogP contribution in [-0.4, -0.2) is 11.4 Å². The van der Waals surface area contributed by atoms with Crippen molar-refractivity contribution in [3.05, 3.63) is 31.8 Å². The fourth-order valence-corrected chi connectivity index (χ4v) is 3.46. The Labute approximate surface area is 117 Å². The second-order valence-corrected chi connectivity index (χ2v) is 6.69. The molecule has 2 rings (SSSR count). The SMILES string of the molecule is CC1(NC(=O)c2cc(Br)cc(I)c2)CCC1. The topological polar surface area (TPSA) is 29.1 Å². The smallest absolute Gasteiger partial charge is 0.251 e. The standard InChI is InChI=1S/C12H13BrINO/c1-12(3-2-4-12)15-11(16)8-5-9(13)7-10(14)6-8/h5-7H,2-4H2,1H3,(H,15,16). The van der Waals surface area contributed by atoms with Gasteiger partial charge >= 0.3 is 0 Å². The molecule has 1 saturated carbocycles. The molecule has 0 bridgehead atoms. The van der Waals surface area contributed by atoms with E-state index in [0.717, 1.165) is 26.4 Å². The minimum absolute atomic E-state index is 0.0187. The van der Waals surface area contributed by atoms with Gasteiger partial charge in [0.15, 0.2) is 0 Å². The summed E-state index contributed by atoms with van der Waals surface area (Å²) in [6.45, 7) is 2.11. The fraction of sp³-hybridized carbons (Fsp3) is 0.417. The first-order chi connectivity index (χ1) is 7.48. The molecule has 1 aliphatic carbocycles. The van der Waals surface area contributed by atoms with E-state index >= 15 is 0 Å². The summed E-state index contributed by atoms with van der Waals surface area (Å²) in [6, 6.07) is 5.75. The molecule has 4 heteroatoms. The van der Waals surface area contributed by atoms with Gasteiger partial charge in [-0.1, -0.05) is 15.9 Å². The third-order valence-corrected chi connectivity index (χ3v) is 4.08. The molecule has 0 heterocycles. The van der Waals surface area contributed by atoms with Crippen LogP contribution in [0.15, 0.2) is 22.7 Å². The molecular weight excluding hydrogens is 381 g/mol. The lowest BCUT2D eigenvalue weighted by atomic mass is 9.78. The first-order valence-electron chi connectivity index (χ1n) is 5.27. The van der Waals surface area contributed by atoms with Gasteiger partial charge in [-0.05, 0) is 67.0 Å². The zero-order valence-electron chi connectivity index (χ0n) is 9.02. The first kappa shape index (κ1) is 12.4. The number of rotatable bonds is 2. The number of benzene rings is 1. The van der Waals surface area contributed by atoms with Gasteiger partial charge in [0.1, 0.15) is 0 Å². The quantitative estimate of drug-likeness (QED) is 0.762. The zero-order valence-corrected chi connectivity index (χ0v) is 12.8. The summed E-state index contributed by atoms with van der Waals surface area (Å²) in [7, 11) is 0.